The van der Waals surface area contributed by atoms with Crippen LogP contribution in [0.4, 0.5) is 0 Å². The quantitative estimate of drug-likeness (QED) is 0.839. The molecule has 2 atom stereocenters. The average Bonchev–Trinajstić information content (AvgIpc) is 2.94. The fourth-order valence-corrected chi connectivity index (χ4v) is 4.88. The van der Waals surface area contributed by atoms with Crippen molar-refractivity contribution in [2.75, 3.05) is 19.6 Å². The molecule has 0 saturated carbocycles. The van der Waals surface area contributed by atoms with E-state index in [4.69, 9.17) is 4.74 Å². The number of nitrogens with zero attached hydrogens (tertiary/aromatic N) is 3. The van der Waals surface area contributed by atoms with Gasteiger partial charge in [-0.05, 0) is 69.7 Å². The molecular formula is C22H29N3O. The summed E-state index contributed by atoms with van der Waals surface area (Å²) in [5.41, 5.74) is 5.11. The minimum atomic E-state index is 0.336. The van der Waals surface area contributed by atoms with E-state index < -0.39 is 0 Å². The van der Waals surface area contributed by atoms with Crippen LogP contribution < -0.4 is 0 Å². The molecule has 1 aliphatic heterocycles. The van der Waals surface area contributed by atoms with E-state index in [1.807, 2.05) is 6.07 Å². The van der Waals surface area contributed by atoms with Gasteiger partial charge in [0.15, 0.2) is 0 Å². The highest BCUT2D eigenvalue weighted by molar-refractivity contribution is 5.87. The molecule has 26 heavy (non-hydrogen) atoms. The lowest BCUT2D eigenvalue weighted by atomic mass is 9.95. The first-order valence-corrected chi connectivity index (χ1v) is 10.1. The summed E-state index contributed by atoms with van der Waals surface area (Å²) in [6.45, 7) is 8.62. The van der Waals surface area contributed by atoms with Gasteiger partial charge in [0.25, 0.3) is 0 Å². The summed E-state index contributed by atoms with van der Waals surface area (Å²) in [6, 6.07) is 8.53. The zero-order chi connectivity index (χ0) is 18.1. The van der Waals surface area contributed by atoms with Crippen LogP contribution in [-0.2, 0) is 24.1 Å². The Kier molecular flexibility index (Phi) is 5.02. The van der Waals surface area contributed by atoms with Crippen molar-refractivity contribution in [3.63, 3.8) is 0 Å². The summed E-state index contributed by atoms with van der Waals surface area (Å²) < 4.78 is 8.39. The van der Waals surface area contributed by atoms with Crippen LogP contribution in [-0.4, -0.2) is 41.3 Å². The van der Waals surface area contributed by atoms with Crippen LogP contribution in [0.2, 0.25) is 0 Å². The predicted molar refractivity (Wildman–Crippen MR) is 104 cm³/mol. The molecule has 0 spiro atoms. The van der Waals surface area contributed by atoms with Crippen molar-refractivity contribution in [1.82, 2.24) is 9.47 Å². The second kappa shape index (κ2) is 7.42. The Morgan fingerprint density at radius 1 is 1.12 bits per heavy atom. The molecule has 1 saturated heterocycles. The fraction of sp³-hybridized carbons (Fsp3) is 0.591. The maximum Gasteiger partial charge on any atom is 0.0991 e. The van der Waals surface area contributed by atoms with E-state index in [-0.39, 0.29) is 0 Å². The van der Waals surface area contributed by atoms with Gasteiger partial charge in [-0.25, -0.2) is 0 Å². The molecule has 4 nitrogen and oxygen atoms in total. The number of fused-ring (bicyclic) bond motifs is 3. The third-order valence-electron chi connectivity index (χ3n) is 5.86. The van der Waals surface area contributed by atoms with E-state index in [1.165, 1.54) is 41.4 Å². The largest absolute Gasteiger partial charge is 0.373 e. The van der Waals surface area contributed by atoms with Gasteiger partial charge in [0.05, 0.1) is 23.8 Å². The topological polar surface area (TPSA) is 41.2 Å². The molecule has 0 amide bonds. The number of hydrogen-bond acceptors (Lipinski definition) is 3. The molecule has 1 aromatic heterocycles. The minimum Gasteiger partial charge on any atom is -0.373 e. The minimum absolute atomic E-state index is 0.336. The lowest BCUT2D eigenvalue weighted by Gasteiger charge is -2.35. The standard InChI is InChI=1S/C22H29N3O/c1-16-14-24(15-17(2)26-16)10-5-11-25-21-7-4-3-6-19(21)20-12-18(13-23)8-9-22(20)25/h8-9,12,16-17H,3-7,10-11,14-15H2,1-2H3/t16-,17+. The van der Waals surface area contributed by atoms with E-state index in [0.29, 0.717) is 12.2 Å². The highest BCUT2D eigenvalue weighted by Crippen LogP contribution is 2.33. The summed E-state index contributed by atoms with van der Waals surface area (Å²) in [4.78, 5) is 2.55. The van der Waals surface area contributed by atoms with Crippen molar-refractivity contribution in [2.24, 2.45) is 0 Å². The predicted octanol–water partition coefficient (Wildman–Crippen LogP) is 3.89. The first kappa shape index (κ1) is 17.6. The van der Waals surface area contributed by atoms with E-state index >= 15 is 0 Å². The van der Waals surface area contributed by atoms with E-state index in [1.54, 1.807) is 0 Å². The maximum absolute atomic E-state index is 9.26. The molecule has 2 aromatic rings. The van der Waals surface area contributed by atoms with Gasteiger partial charge in [-0.3, -0.25) is 4.90 Å². The normalized spacial score (nSPS) is 23.7. The number of benzene rings is 1. The monoisotopic (exact) mass is 351 g/mol. The molecule has 1 fully saturated rings. The van der Waals surface area contributed by atoms with Crippen LogP contribution in [0, 0.1) is 11.3 Å². The molecular weight excluding hydrogens is 322 g/mol. The highest BCUT2D eigenvalue weighted by atomic mass is 16.5. The zero-order valence-corrected chi connectivity index (χ0v) is 16.0. The van der Waals surface area contributed by atoms with Gasteiger partial charge in [-0.1, -0.05) is 0 Å². The Morgan fingerprint density at radius 2 is 1.88 bits per heavy atom. The van der Waals surface area contributed by atoms with Crippen molar-refractivity contribution < 1.29 is 4.74 Å². The lowest BCUT2D eigenvalue weighted by molar-refractivity contribution is -0.0682. The summed E-state index contributed by atoms with van der Waals surface area (Å²) in [6.07, 6.45) is 6.73. The van der Waals surface area contributed by atoms with E-state index in [2.05, 4.69) is 41.5 Å². The Bertz CT molecular complexity index is 822. The maximum atomic E-state index is 9.26. The third kappa shape index (κ3) is 3.39. The molecule has 138 valence electrons. The summed E-state index contributed by atoms with van der Waals surface area (Å²) >= 11 is 0. The highest BCUT2D eigenvalue weighted by Gasteiger charge is 2.23. The SMILES string of the molecule is C[C@@H]1CN(CCCn2c3c(c4cc(C#N)ccc42)CCCC3)C[C@H](C)O1. The van der Waals surface area contributed by atoms with Crippen molar-refractivity contribution >= 4 is 10.9 Å². The van der Waals surface area contributed by atoms with Crippen LogP contribution in [0.3, 0.4) is 0 Å². The third-order valence-corrected chi connectivity index (χ3v) is 5.86. The van der Waals surface area contributed by atoms with Crippen LogP contribution in [0.1, 0.15) is 49.9 Å². The van der Waals surface area contributed by atoms with Crippen LogP contribution in [0.25, 0.3) is 10.9 Å². The van der Waals surface area contributed by atoms with Gasteiger partial charge in [-0.2, -0.15) is 5.26 Å². The van der Waals surface area contributed by atoms with Gasteiger partial charge in [0.1, 0.15) is 0 Å². The van der Waals surface area contributed by atoms with Gasteiger partial charge in [-0.15, -0.1) is 0 Å². The molecule has 0 bridgehead atoms. The number of rotatable bonds is 4. The Morgan fingerprint density at radius 3 is 2.65 bits per heavy atom. The number of morpholine rings is 1. The molecule has 1 aromatic carbocycles. The van der Waals surface area contributed by atoms with E-state index in [0.717, 1.165) is 44.6 Å². The van der Waals surface area contributed by atoms with Gasteiger partial charge >= 0.3 is 0 Å². The zero-order valence-electron chi connectivity index (χ0n) is 16.0. The van der Waals surface area contributed by atoms with Gasteiger partial charge in [0, 0.05) is 42.8 Å². The summed E-state index contributed by atoms with van der Waals surface area (Å²) in [7, 11) is 0. The molecule has 0 N–H and O–H groups in total. The van der Waals surface area contributed by atoms with Gasteiger partial charge in [0.2, 0.25) is 0 Å². The van der Waals surface area contributed by atoms with E-state index in [9.17, 15) is 5.26 Å². The number of nitriles is 1. The summed E-state index contributed by atoms with van der Waals surface area (Å²) in [5, 5.41) is 10.6. The summed E-state index contributed by atoms with van der Waals surface area (Å²) in [5.74, 6) is 0. The smallest absolute Gasteiger partial charge is 0.0991 e. The second-order valence-electron chi connectivity index (χ2n) is 8.00. The molecule has 2 heterocycles. The number of aromatic nitrogens is 1. The van der Waals surface area contributed by atoms with Crippen LogP contribution in [0.15, 0.2) is 18.2 Å². The molecule has 0 unspecified atom stereocenters. The van der Waals surface area contributed by atoms with Crippen molar-refractivity contribution in [2.45, 2.75) is 64.7 Å². The fourth-order valence-electron chi connectivity index (χ4n) is 4.88. The molecule has 4 rings (SSSR count). The van der Waals surface area contributed by atoms with Crippen molar-refractivity contribution in [3.8, 4) is 6.07 Å². The first-order valence-electron chi connectivity index (χ1n) is 10.1. The van der Waals surface area contributed by atoms with Crippen LogP contribution >= 0.6 is 0 Å². The molecule has 0 radical (unpaired) electrons. The van der Waals surface area contributed by atoms with Crippen molar-refractivity contribution in [3.05, 3.63) is 35.0 Å². The van der Waals surface area contributed by atoms with Gasteiger partial charge < -0.3 is 9.30 Å². The van der Waals surface area contributed by atoms with Crippen LogP contribution in [0.5, 0.6) is 0 Å². The lowest BCUT2D eigenvalue weighted by Crippen LogP contribution is -2.45. The van der Waals surface area contributed by atoms with Crippen molar-refractivity contribution in [1.29, 1.82) is 5.26 Å². The Labute approximate surface area is 156 Å². The first-order chi connectivity index (χ1) is 12.7. The molecule has 2 aliphatic rings. The molecule has 1 aliphatic carbocycles. The average molecular weight is 351 g/mol. The second-order valence-corrected chi connectivity index (χ2v) is 8.00. The molecule has 4 heteroatoms. The Hall–Kier alpha value is -1.83. The number of aryl methyl sites for hydroxylation is 2. The number of ether oxygens (including phenoxy) is 1. The Balaban J connectivity index is 1.54. The number of hydrogen-bond donors (Lipinski definition) is 0.